The number of methoxy groups -OCH3 is 1. The van der Waals surface area contributed by atoms with Crippen LogP contribution < -0.4 is 5.73 Å². The molecule has 6 nitrogen and oxygen atoms in total. The van der Waals surface area contributed by atoms with E-state index in [9.17, 15) is 13.2 Å². The molecular weight excluding hydrogens is 268 g/mol. The number of carbonyl (C=O) groups is 1. The first-order valence-electron chi connectivity index (χ1n) is 5.84. The van der Waals surface area contributed by atoms with Gasteiger partial charge in [0, 0.05) is 12.2 Å². The second kappa shape index (κ2) is 6.53. The average Bonchev–Trinajstić information content (AvgIpc) is 2.38. The number of rotatable bonds is 6. The van der Waals surface area contributed by atoms with E-state index in [2.05, 4.69) is 4.74 Å². The Balaban J connectivity index is 3.09. The van der Waals surface area contributed by atoms with Crippen LogP contribution in [0, 0.1) is 0 Å². The Morgan fingerprint density at radius 1 is 1.42 bits per heavy atom. The van der Waals surface area contributed by atoms with Crippen LogP contribution in [0.3, 0.4) is 0 Å². The molecule has 0 spiro atoms. The van der Waals surface area contributed by atoms with Gasteiger partial charge in [-0.25, -0.2) is 8.42 Å². The van der Waals surface area contributed by atoms with Gasteiger partial charge in [0.1, 0.15) is 6.54 Å². The molecule has 2 N–H and O–H groups in total. The summed E-state index contributed by atoms with van der Waals surface area (Å²) >= 11 is 0. The maximum Gasteiger partial charge on any atom is 0.321 e. The van der Waals surface area contributed by atoms with Gasteiger partial charge in [-0.1, -0.05) is 13.0 Å². The molecule has 0 atom stereocenters. The molecule has 0 aliphatic heterocycles. The lowest BCUT2D eigenvalue weighted by molar-refractivity contribution is -0.140. The molecule has 0 aromatic heterocycles. The van der Waals surface area contributed by atoms with Crippen LogP contribution in [0.15, 0.2) is 29.2 Å². The van der Waals surface area contributed by atoms with E-state index in [1.54, 1.807) is 12.1 Å². The minimum absolute atomic E-state index is 0.0739. The first-order valence-corrected chi connectivity index (χ1v) is 7.28. The smallest absolute Gasteiger partial charge is 0.321 e. The minimum Gasteiger partial charge on any atom is -0.468 e. The molecule has 0 saturated carbocycles. The van der Waals surface area contributed by atoms with Gasteiger partial charge in [-0.2, -0.15) is 4.31 Å². The highest BCUT2D eigenvalue weighted by Gasteiger charge is 2.26. The monoisotopic (exact) mass is 286 g/mol. The number of carbonyl (C=O) groups excluding carboxylic acids is 1. The zero-order valence-electron chi connectivity index (χ0n) is 11.0. The van der Waals surface area contributed by atoms with E-state index < -0.39 is 16.0 Å². The summed E-state index contributed by atoms with van der Waals surface area (Å²) < 4.78 is 30.4. The van der Waals surface area contributed by atoms with Crippen molar-refractivity contribution in [1.82, 2.24) is 4.31 Å². The van der Waals surface area contributed by atoms with E-state index >= 15 is 0 Å². The van der Waals surface area contributed by atoms with E-state index in [1.165, 1.54) is 19.2 Å². The molecule has 7 heteroatoms. The van der Waals surface area contributed by atoms with Crippen molar-refractivity contribution in [2.24, 2.45) is 0 Å². The quantitative estimate of drug-likeness (QED) is 0.618. The summed E-state index contributed by atoms with van der Waals surface area (Å²) in [6.45, 7) is 1.77. The molecule has 1 rings (SSSR count). The van der Waals surface area contributed by atoms with Crippen LogP contribution in [0.5, 0.6) is 0 Å². The largest absolute Gasteiger partial charge is 0.468 e. The molecule has 19 heavy (non-hydrogen) atoms. The minimum atomic E-state index is -3.74. The zero-order valence-corrected chi connectivity index (χ0v) is 11.8. The summed E-state index contributed by atoms with van der Waals surface area (Å²) in [4.78, 5) is 11.4. The van der Waals surface area contributed by atoms with Gasteiger partial charge in [-0.15, -0.1) is 0 Å². The highest BCUT2D eigenvalue weighted by Crippen LogP contribution is 2.18. The van der Waals surface area contributed by atoms with Crippen LogP contribution >= 0.6 is 0 Å². The van der Waals surface area contributed by atoms with Gasteiger partial charge in [0.05, 0.1) is 12.0 Å². The van der Waals surface area contributed by atoms with Crippen molar-refractivity contribution in [2.75, 3.05) is 25.9 Å². The molecular formula is C12H18N2O4S. The summed E-state index contributed by atoms with van der Waals surface area (Å²) in [5, 5.41) is 0. The summed E-state index contributed by atoms with van der Waals surface area (Å²) in [5.41, 5.74) is 5.94. The third kappa shape index (κ3) is 3.93. The van der Waals surface area contributed by atoms with Crippen LogP contribution in [0.2, 0.25) is 0 Å². The second-order valence-corrected chi connectivity index (χ2v) is 5.93. The molecule has 0 saturated heterocycles. The van der Waals surface area contributed by atoms with E-state index in [0.717, 1.165) is 4.31 Å². The zero-order chi connectivity index (χ0) is 14.5. The highest BCUT2D eigenvalue weighted by atomic mass is 32.2. The van der Waals surface area contributed by atoms with E-state index in [1.807, 2.05) is 6.92 Å². The van der Waals surface area contributed by atoms with Gasteiger partial charge in [0.2, 0.25) is 10.0 Å². The van der Waals surface area contributed by atoms with Crippen molar-refractivity contribution in [3.63, 3.8) is 0 Å². The predicted octanol–water partition coefficient (Wildman–Crippen LogP) is 0.842. The third-order valence-electron chi connectivity index (χ3n) is 2.50. The van der Waals surface area contributed by atoms with Gasteiger partial charge in [0.25, 0.3) is 0 Å². The van der Waals surface area contributed by atoms with Gasteiger partial charge < -0.3 is 10.5 Å². The molecule has 106 valence electrons. The summed E-state index contributed by atoms with van der Waals surface area (Å²) in [6, 6.07) is 5.98. The number of esters is 1. The fraction of sp³-hybridized carbons (Fsp3) is 0.417. The number of nitrogens with zero attached hydrogens (tertiary/aromatic N) is 1. The van der Waals surface area contributed by atoms with E-state index in [-0.39, 0.29) is 18.0 Å². The lowest BCUT2D eigenvalue weighted by atomic mass is 10.3. The summed E-state index contributed by atoms with van der Waals surface area (Å²) in [5.74, 6) is -0.596. The number of ether oxygens (including phenoxy) is 1. The van der Waals surface area contributed by atoms with E-state index in [0.29, 0.717) is 12.1 Å². The first kappa shape index (κ1) is 15.5. The van der Waals surface area contributed by atoms with Crippen LogP contribution in [0.4, 0.5) is 5.69 Å². The number of nitrogen functional groups attached to an aromatic ring is 1. The SMILES string of the molecule is CCCN(CC(=O)OC)S(=O)(=O)c1cccc(N)c1. The Hall–Kier alpha value is -1.60. The normalized spacial score (nSPS) is 11.5. The Morgan fingerprint density at radius 3 is 2.63 bits per heavy atom. The van der Waals surface area contributed by atoms with E-state index in [4.69, 9.17) is 5.73 Å². The molecule has 1 aromatic rings. The molecule has 0 heterocycles. The van der Waals surface area contributed by atoms with Crippen molar-refractivity contribution in [2.45, 2.75) is 18.2 Å². The third-order valence-corrected chi connectivity index (χ3v) is 4.34. The molecule has 0 radical (unpaired) electrons. The number of nitrogens with two attached hydrogens (primary N) is 1. The standard InChI is InChI=1S/C12H18N2O4S/c1-3-7-14(9-12(15)18-2)19(16,17)11-6-4-5-10(13)8-11/h4-6,8H,3,7,9,13H2,1-2H3. The Morgan fingerprint density at radius 2 is 2.11 bits per heavy atom. The van der Waals surface area contributed by atoms with Gasteiger partial charge in [-0.05, 0) is 24.6 Å². The summed E-state index contributed by atoms with van der Waals surface area (Å²) in [7, 11) is -2.52. The lowest BCUT2D eigenvalue weighted by Crippen LogP contribution is -2.36. The van der Waals surface area contributed by atoms with Crippen LogP contribution in [-0.2, 0) is 19.6 Å². The van der Waals surface area contributed by atoms with Gasteiger partial charge in [-0.3, -0.25) is 4.79 Å². The Kier molecular flexibility index (Phi) is 5.31. The van der Waals surface area contributed by atoms with Gasteiger partial charge in [0.15, 0.2) is 0 Å². The second-order valence-electron chi connectivity index (χ2n) is 3.99. The maximum absolute atomic E-state index is 12.4. The van der Waals surface area contributed by atoms with Crippen molar-refractivity contribution in [3.8, 4) is 0 Å². The molecule has 1 aromatic carbocycles. The Bertz CT molecular complexity index is 542. The first-order chi connectivity index (χ1) is 8.91. The fourth-order valence-electron chi connectivity index (χ4n) is 1.57. The van der Waals surface area contributed by atoms with Crippen LogP contribution in [0.25, 0.3) is 0 Å². The molecule has 0 unspecified atom stereocenters. The van der Waals surface area contributed by atoms with Crippen LogP contribution in [-0.4, -0.2) is 38.9 Å². The molecule has 0 fully saturated rings. The number of anilines is 1. The van der Waals surface area contributed by atoms with Crippen molar-refractivity contribution in [3.05, 3.63) is 24.3 Å². The topological polar surface area (TPSA) is 89.7 Å². The summed E-state index contributed by atoms with van der Waals surface area (Å²) in [6.07, 6.45) is 0.596. The molecule has 0 aliphatic rings. The Labute approximate surface area is 113 Å². The predicted molar refractivity (Wildman–Crippen MR) is 71.9 cm³/mol. The maximum atomic E-state index is 12.4. The molecule has 0 bridgehead atoms. The lowest BCUT2D eigenvalue weighted by Gasteiger charge is -2.20. The highest BCUT2D eigenvalue weighted by molar-refractivity contribution is 7.89. The van der Waals surface area contributed by atoms with Crippen LogP contribution in [0.1, 0.15) is 13.3 Å². The number of sulfonamides is 1. The van der Waals surface area contributed by atoms with Crippen molar-refractivity contribution in [1.29, 1.82) is 0 Å². The molecule has 0 amide bonds. The fourth-order valence-corrected chi connectivity index (χ4v) is 3.10. The molecule has 0 aliphatic carbocycles. The van der Waals surface area contributed by atoms with Crippen molar-refractivity contribution < 1.29 is 17.9 Å². The number of benzene rings is 1. The van der Waals surface area contributed by atoms with Gasteiger partial charge >= 0.3 is 5.97 Å². The average molecular weight is 286 g/mol. The van der Waals surface area contributed by atoms with Crippen molar-refractivity contribution >= 4 is 21.7 Å². The number of hydrogen-bond donors (Lipinski definition) is 1. The number of hydrogen-bond acceptors (Lipinski definition) is 5.